The first-order valence-electron chi connectivity index (χ1n) is 8.81. The van der Waals surface area contributed by atoms with Crippen LogP contribution < -0.4 is 20.9 Å². The molecule has 144 valence electrons. The monoisotopic (exact) mass is 381 g/mol. The van der Waals surface area contributed by atoms with Gasteiger partial charge in [-0.3, -0.25) is 9.59 Å². The number of aryl methyl sites for hydroxylation is 1. The molecule has 1 spiro atoms. The van der Waals surface area contributed by atoms with Crippen molar-refractivity contribution in [3.05, 3.63) is 69.0 Å². The Labute approximate surface area is 160 Å². The largest absolute Gasteiger partial charge is 0.462 e. The molecule has 4 rings (SSSR count). The predicted molar refractivity (Wildman–Crippen MR) is 101 cm³/mol. The number of nitrogens with one attached hydrogen (secondary N) is 1. The molecule has 0 fully saturated rings. The summed E-state index contributed by atoms with van der Waals surface area (Å²) >= 11 is 0. The van der Waals surface area contributed by atoms with Crippen LogP contribution in [0.1, 0.15) is 23.7 Å². The van der Waals surface area contributed by atoms with E-state index in [4.69, 9.17) is 15.2 Å². The van der Waals surface area contributed by atoms with Crippen LogP contribution in [0.2, 0.25) is 0 Å². The van der Waals surface area contributed by atoms with Crippen molar-refractivity contribution in [1.82, 2.24) is 4.98 Å². The van der Waals surface area contributed by atoms with E-state index in [9.17, 15) is 14.4 Å². The first-order chi connectivity index (χ1) is 13.3. The van der Waals surface area contributed by atoms with Gasteiger partial charge in [0.2, 0.25) is 11.8 Å². The second-order valence-electron chi connectivity index (χ2n) is 6.71. The van der Waals surface area contributed by atoms with Crippen LogP contribution in [0.3, 0.4) is 0 Å². The van der Waals surface area contributed by atoms with E-state index in [-0.39, 0.29) is 29.4 Å². The molecule has 28 heavy (non-hydrogen) atoms. The van der Waals surface area contributed by atoms with Gasteiger partial charge in [-0.1, -0.05) is 18.2 Å². The number of carbonyl (C=O) groups excluding carboxylic acids is 2. The molecule has 0 saturated carbocycles. The molecule has 8 heteroatoms. The first-order valence-corrected chi connectivity index (χ1v) is 8.81. The van der Waals surface area contributed by atoms with Crippen LogP contribution in [0, 0.1) is 6.92 Å². The minimum Gasteiger partial charge on any atom is -0.462 e. The highest BCUT2D eigenvalue weighted by Gasteiger charge is 2.61. The van der Waals surface area contributed by atoms with Crippen molar-refractivity contribution in [2.45, 2.75) is 19.3 Å². The van der Waals surface area contributed by atoms with Crippen molar-refractivity contribution < 1.29 is 19.1 Å². The lowest BCUT2D eigenvalue weighted by atomic mass is 9.68. The average Bonchev–Trinajstić information content (AvgIpc) is 2.84. The smallest absolute Gasteiger partial charge is 0.341 e. The van der Waals surface area contributed by atoms with Crippen LogP contribution in [0.4, 0.5) is 5.69 Å². The van der Waals surface area contributed by atoms with Crippen LogP contribution in [0.15, 0.2) is 46.6 Å². The molecule has 0 bridgehead atoms. The van der Waals surface area contributed by atoms with Gasteiger partial charge in [0.15, 0.2) is 0 Å². The number of nitrogens with zero attached hydrogens (tertiary/aromatic N) is 1. The van der Waals surface area contributed by atoms with Gasteiger partial charge in [-0.05, 0) is 19.9 Å². The number of rotatable bonds is 2. The Morgan fingerprint density at radius 3 is 2.75 bits per heavy atom. The second-order valence-corrected chi connectivity index (χ2v) is 6.71. The van der Waals surface area contributed by atoms with E-state index >= 15 is 0 Å². The lowest BCUT2D eigenvalue weighted by Gasteiger charge is -2.35. The number of aromatic amines is 1. The topological polar surface area (TPSA) is 115 Å². The van der Waals surface area contributed by atoms with Gasteiger partial charge >= 0.3 is 5.97 Å². The van der Waals surface area contributed by atoms with E-state index < -0.39 is 22.9 Å². The number of likely N-dealkylation sites (N-methyl/N-ethyl adjacent to an activating group) is 1. The number of anilines is 1. The van der Waals surface area contributed by atoms with Crippen LogP contribution in [0.25, 0.3) is 0 Å². The third-order valence-electron chi connectivity index (χ3n) is 5.12. The summed E-state index contributed by atoms with van der Waals surface area (Å²) in [4.78, 5) is 43.7. The summed E-state index contributed by atoms with van der Waals surface area (Å²) in [5, 5.41) is 0. The maximum absolute atomic E-state index is 13.6. The number of pyridine rings is 1. The molecular weight excluding hydrogens is 362 g/mol. The molecular formula is C20H19N3O5. The van der Waals surface area contributed by atoms with E-state index in [1.807, 2.05) is 0 Å². The van der Waals surface area contributed by atoms with Crippen LogP contribution >= 0.6 is 0 Å². The number of amides is 1. The summed E-state index contributed by atoms with van der Waals surface area (Å²) in [6.07, 6.45) is 0. The number of nitrogens with two attached hydrogens (primary N) is 1. The van der Waals surface area contributed by atoms with Crippen molar-refractivity contribution in [3.63, 3.8) is 0 Å². The molecule has 2 aromatic rings. The number of para-hydroxylation sites is 1. The van der Waals surface area contributed by atoms with Gasteiger partial charge in [-0.25, -0.2) is 4.79 Å². The van der Waals surface area contributed by atoms with Crippen LogP contribution in [0.5, 0.6) is 5.75 Å². The number of fused-ring (bicyclic) bond motifs is 4. The maximum Gasteiger partial charge on any atom is 0.341 e. The molecule has 8 nitrogen and oxygen atoms in total. The fourth-order valence-corrected chi connectivity index (χ4v) is 4.07. The Morgan fingerprint density at radius 1 is 1.32 bits per heavy atom. The van der Waals surface area contributed by atoms with E-state index in [0.29, 0.717) is 16.9 Å². The minimum absolute atomic E-state index is 0.0251. The van der Waals surface area contributed by atoms with Crippen molar-refractivity contribution in [2.75, 3.05) is 18.6 Å². The molecule has 3 N–H and O–H groups in total. The second kappa shape index (κ2) is 5.98. The van der Waals surface area contributed by atoms with Gasteiger partial charge in [0.1, 0.15) is 16.7 Å². The number of aromatic nitrogens is 1. The lowest BCUT2D eigenvalue weighted by Crippen LogP contribution is -2.50. The Hall–Kier alpha value is -3.55. The highest BCUT2D eigenvalue weighted by molar-refractivity contribution is 6.18. The molecule has 2 aliphatic heterocycles. The zero-order valence-electron chi connectivity index (χ0n) is 15.7. The van der Waals surface area contributed by atoms with Crippen molar-refractivity contribution in [2.24, 2.45) is 5.73 Å². The fraction of sp³-hybridized carbons (Fsp3) is 0.250. The third-order valence-corrected chi connectivity index (χ3v) is 5.12. The molecule has 1 unspecified atom stereocenters. The van der Waals surface area contributed by atoms with Crippen molar-refractivity contribution in [3.8, 4) is 5.75 Å². The molecule has 1 aromatic carbocycles. The number of H-pyrrole nitrogens is 1. The van der Waals surface area contributed by atoms with Gasteiger partial charge in [-0.2, -0.15) is 0 Å². The van der Waals surface area contributed by atoms with Crippen LogP contribution in [-0.2, 0) is 19.7 Å². The Morgan fingerprint density at radius 2 is 2.04 bits per heavy atom. The number of ether oxygens (including phenoxy) is 2. The average molecular weight is 381 g/mol. The number of benzene rings is 1. The fourth-order valence-electron chi connectivity index (χ4n) is 4.07. The predicted octanol–water partition coefficient (Wildman–Crippen LogP) is 1.07. The molecule has 1 aromatic heterocycles. The molecule has 2 aliphatic rings. The molecule has 0 aliphatic carbocycles. The highest BCUT2D eigenvalue weighted by Crippen LogP contribution is 2.53. The number of hydrogen-bond acceptors (Lipinski definition) is 6. The maximum atomic E-state index is 13.6. The number of esters is 1. The van der Waals surface area contributed by atoms with Gasteiger partial charge in [0.05, 0.1) is 12.2 Å². The van der Waals surface area contributed by atoms with Gasteiger partial charge in [0.25, 0.3) is 5.56 Å². The third kappa shape index (κ3) is 2.08. The summed E-state index contributed by atoms with van der Waals surface area (Å²) in [7, 11) is 1.59. The SMILES string of the molecule is CCOC(=O)C1=C(N)Oc2cc(C)[nH]c(=O)c2C12C(=O)N(C)c1ccccc12. The Balaban J connectivity index is 2.18. The first kappa shape index (κ1) is 17.8. The van der Waals surface area contributed by atoms with Gasteiger partial charge in [0, 0.05) is 30.1 Å². The number of carbonyl (C=O) groups is 2. The van der Waals surface area contributed by atoms with Crippen molar-refractivity contribution in [1.29, 1.82) is 0 Å². The molecule has 0 radical (unpaired) electrons. The summed E-state index contributed by atoms with van der Waals surface area (Å²) in [5.41, 5.74) is 5.29. The Kier molecular flexibility index (Phi) is 3.81. The molecule has 3 heterocycles. The number of hydrogen-bond donors (Lipinski definition) is 2. The molecule has 0 saturated heterocycles. The Bertz CT molecular complexity index is 1120. The van der Waals surface area contributed by atoms with Crippen molar-refractivity contribution >= 4 is 17.6 Å². The minimum atomic E-state index is -1.74. The molecule has 1 atom stereocenters. The highest BCUT2D eigenvalue weighted by atomic mass is 16.5. The zero-order valence-corrected chi connectivity index (χ0v) is 15.7. The summed E-state index contributed by atoms with van der Waals surface area (Å²) in [6.45, 7) is 3.41. The molecule has 1 amide bonds. The zero-order chi connectivity index (χ0) is 20.2. The van der Waals surface area contributed by atoms with Gasteiger partial charge in [-0.15, -0.1) is 0 Å². The van der Waals surface area contributed by atoms with E-state index in [2.05, 4.69) is 4.98 Å². The normalized spacial score (nSPS) is 20.1. The lowest BCUT2D eigenvalue weighted by molar-refractivity contribution is -0.140. The summed E-state index contributed by atoms with van der Waals surface area (Å²) < 4.78 is 10.8. The van der Waals surface area contributed by atoms with E-state index in [1.54, 1.807) is 51.2 Å². The summed E-state index contributed by atoms with van der Waals surface area (Å²) in [6, 6.07) is 8.56. The summed E-state index contributed by atoms with van der Waals surface area (Å²) in [5.74, 6) is -1.39. The van der Waals surface area contributed by atoms with E-state index in [0.717, 1.165) is 0 Å². The quantitative estimate of drug-likeness (QED) is 0.752. The van der Waals surface area contributed by atoms with Gasteiger partial charge < -0.3 is 25.1 Å². The van der Waals surface area contributed by atoms with E-state index in [1.165, 1.54) is 4.90 Å². The van der Waals surface area contributed by atoms with Crippen LogP contribution in [-0.4, -0.2) is 30.5 Å². The standard InChI is InChI=1S/C20H19N3O5/c1-4-27-18(25)15-16(21)28-13-9-10(2)22-17(24)14(13)20(15)11-7-5-6-8-12(11)23(3)19(20)26/h5-9H,4,21H2,1-3H3,(H,22,24).